The van der Waals surface area contributed by atoms with E-state index in [4.69, 9.17) is 0 Å². The summed E-state index contributed by atoms with van der Waals surface area (Å²) in [7, 11) is 0. The molecular weight excluding hydrogens is 196 g/mol. The molecule has 0 amide bonds. The Labute approximate surface area is 99.5 Å². The highest BCUT2D eigenvalue weighted by atomic mass is 14.9. The summed E-state index contributed by atoms with van der Waals surface area (Å²) in [4.78, 5) is 4.45. The van der Waals surface area contributed by atoms with Crippen LogP contribution in [0.2, 0.25) is 0 Å². The highest BCUT2D eigenvalue weighted by Crippen LogP contribution is 2.19. The van der Waals surface area contributed by atoms with Crippen molar-refractivity contribution in [2.45, 2.75) is 46.1 Å². The first-order valence-corrected chi connectivity index (χ1v) is 6.38. The number of aromatic nitrogens is 1. The van der Waals surface area contributed by atoms with Crippen molar-refractivity contribution in [2.75, 3.05) is 6.54 Å². The van der Waals surface area contributed by atoms with E-state index in [0.717, 1.165) is 13.0 Å². The number of pyridine rings is 1. The van der Waals surface area contributed by atoms with Gasteiger partial charge in [0.05, 0.1) is 5.69 Å². The standard InChI is InChI=1S/C14H24N2/c1-4-5-9-16-14(11-12(2)3)13-8-6-7-10-15-13/h6-8,10,12,14,16H,4-5,9,11H2,1-3H3. The smallest absolute Gasteiger partial charge is 0.0573 e. The molecule has 2 nitrogen and oxygen atoms in total. The average Bonchev–Trinajstić information content (AvgIpc) is 2.29. The van der Waals surface area contributed by atoms with Gasteiger partial charge >= 0.3 is 0 Å². The normalized spacial score (nSPS) is 13.0. The van der Waals surface area contributed by atoms with Crippen LogP contribution in [0.1, 0.15) is 51.8 Å². The van der Waals surface area contributed by atoms with Crippen molar-refractivity contribution in [1.82, 2.24) is 10.3 Å². The van der Waals surface area contributed by atoms with Crippen LogP contribution in [0.15, 0.2) is 24.4 Å². The minimum Gasteiger partial charge on any atom is -0.309 e. The van der Waals surface area contributed by atoms with Crippen LogP contribution in [0.5, 0.6) is 0 Å². The quantitative estimate of drug-likeness (QED) is 0.711. The van der Waals surface area contributed by atoms with Crippen LogP contribution in [0.4, 0.5) is 0 Å². The fourth-order valence-electron chi connectivity index (χ4n) is 1.82. The molecule has 0 fully saturated rings. The lowest BCUT2D eigenvalue weighted by Gasteiger charge is -2.20. The molecule has 0 radical (unpaired) electrons. The van der Waals surface area contributed by atoms with Gasteiger partial charge in [-0.25, -0.2) is 0 Å². The molecule has 0 bridgehead atoms. The van der Waals surface area contributed by atoms with E-state index in [9.17, 15) is 0 Å². The van der Waals surface area contributed by atoms with Gasteiger partial charge in [-0.3, -0.25) is 4.98 Å². The van der Waals surface area contributed by atoms with Gasteiger partial charge in [0.15, 0.2) is 0 Å². The van der Waals surface area contributed by atoms with Gasteiger partial charge in [0, 0.05) is 12.2 Å². The molecule has 2 heteroatoms. The second kappa shape index (κ2) is 7.39. The summed E-state index contributed by atoms with van der Waals surface area (Å²) in [5.74, 6) is 0.695. The van der Waals surface area contributed by atoms with Crippen LogP contribution < -0.4 is 5.32 Å². The van der Waals surface area contributed by atoms with Crippen molar-refractivity contribution in [3.63, 3.8) is 0 Å². The summed E-state index contributed by atoms with van der Waals surface area (Å²) in [5, 5.41) is 3.61. The molecule has 1 N–H and O–H groups in total. The van der Waals surface area contributed by atoms with Crippen LogP contribution in [0.25, 0.3) is 0 Å². The molecule has 90 valence electrons. The van der Waals surface area contributed by atoms with Gasteiger partial charge in [-0.05, 0) is 37.4 Å². The zero-order chi connectivity index (χ0) is 11.8. The molecule has 0 aliphatic rings. The van der Waals surface area contributed by atoms with Crippen molar-refractivity contribution in [3.05, 3.63) is 30.1 Å². The van der Waals surface area contributed by atoms with E-state index in [0.29, 0.717) is 12.0 Å². The predicted octanol–water partition coefficient (Wildman–Crippen LogP) is 3.56. The second-order valence-corrected chi connectivity index (χ2v) is 4.74. The molecule has 1 aromatic rings. The van der Waals surface area contributed by atoms with Gasteiger partial charge in [-0.15, -0.1) is 0 Å². The van der Waals surface area contributed by atoms with E-state index >= 15 is 0 Å². The van der Waals surface area contributed by atoms with E-state index in [2.05, 4.69) is 43.2 Å². The summed E-state index contributed by atoms with van der Waals surface area (Å²) in [6, 6.07) is 6.57. The molecule has 0 saturated heterocycles. The summed E-state index contributed by atoms with van der Waals surface area (Å²) in [5.41, 5.74) is 1.17. The first-order chi connectivity index (χ1) is 7.74. The summed E-state index contributed by atoms with van der Waals surface area (Å²) in [6.07, 6.45) is 5.51. The lowest BCUT2D eigenvalue weighted by atomic mass is 10.0. The Hall–Kier alpha value is -0.890. The zero-order valence-corrected chi connectivity index (χ0v) is 10.7. The highest BCUT2D eigenvalue weighted by Gasteiger charge is 2.13. The van der Waals surface area contributed by atoms with Gasteiger partial charge in [0.2, 0.25) is 0 Å². The Balaban J connectivity index is 2.56. The molecule has 0 saturated carbocycles. The Kier molecular flexibility index (Phi) is 6.09. The topological polar surface area (TPSA) is 24.9 Å². The maximum atomic E-state index is 4.45. The minimum atomic E-state index is 0.410. The SMILES string of the molecule is CCCCNC(CC(C)C)c1ccccn1. The van der Waals surface area contributed by atoms with Gasteiger partial charge < -0.3 is 5.32 Å². The van der Waals surface area contributed by atoms with Gasteiger partial charge in [-0.2, -0.15) is 0 Å². The number of nitrogens with one attached hydrogen (secondary N) is 1. The fourth-order valence-corrected chi connectivity index (χ4v) is 1.82. The van der Waals surface area contributed by atoms with E-state index in [1.165, 1.54) is 18.5 Å². The largest absolute Gasteiger partial charge is 0.309 e. The van der Waals surface area contributed by atoms with E-state index in [-0.39, 0.29) is 0 Å². The molecular formula is C14H24N2. The molecule has 16 heavy (non-hydrogen) atoms. The van der Waals surface area contributed by atoms with Gasteiger partial charge in [-0.1, -0.05) is 33.3 Å². The van der Waals surface area contributed by atoms with Crippen LogP contribution in [-0.2, 0) is 0 Å². The van der Waals surface area contributed by atoms with Crippen LogP contribution >= 0.6 is 0 Å². The van der Waals surface area contributed by atoms with Crippen molar-refractivity contribution in [1.29, 1.82) is 0 Å². The van der Waals surface area contributed by atoms with E-state index in [1.54, 1.807) is 0 Å². The summed E-state index contributed by atoms with van der Waals surface area (Å²) in [6.45, 7) is 7.83. The lowest BCUT2D eigenvalue weighted by molar-refractivity contribution is 0.419. The number of rotatable bonds is 7. The molecule has 1 aromatic heterocycles. The molecule has 0 aromatic carbocycles. The van der Waals surface area contributed by atoms with Crippen LogP contribution in [0, 0.1) is 5.92 Å². The van der Waals surface area contributed by atoms with E-state index < -0.39 is 0 Å². The summed E-state index contributed by atoms with van der Waals surface area (Å²) < 4.78 is 0. The Morgan fingerprint density at radius 3 is 2.69 bits per heavy atom. The van der Waals surface area contributed by atoms with Gasteiger partial charge in [0.1, 0.15) is 0 Å². The first-order valence-electron chi connectivity index (χ1n) is 6.38. The monoisotopic (exact) mass is 220 g/mol. The minimum absolute atomic E-state index is 0.410. The van der Waals surface area contributed by atoms with Crippen molar-refractivity contribution < 1.29 is 0 Å². The third-order valence-electron chi connectivity index (χ3n) is 2.67. The maximum Gasteiger partial charge on any atom is 0.0573 e. The highest BCUT2D eigenvalue weighted by molar-refractivity contribution is 5.08. The van der Waals surface area contributed by atoms with Crippen molar-refractivity contribution >= 4 is 0 Å². The molecule has 0 aliphatic carbocycles. The number of nitrogens with zero attached hydrogens (tertiary/aromatic N) is 1. The fraction of sp³-hybridized carbons (Fsp3) is 0.643. The Morgan fingerprint density at radius 1 is 1.31 bits per heavy atom. The third-order valence-corrected chi connectivity index (χ3v) is 2.67. The Morgan fingerprint density at radius 2 is 2.12 bits per heavy atom. The zero-order valence-electron chi connectivity index (χ0n) is 10.7. The van der Waals surface area contributed by atoms with Crippen molar-refractivity contribution in [2.24, 2.45) is 5.92 Å². The molecule has 1 rings (SSSR count). The number of hydrogen-bond acceptors (Lipinski definition) is 2. The van der Waals surface area contributed by atoms with Crippen LogP contribution in [-0.4, -0.2) is 11.5 Å². The number of unbranched alkanes of at least 4 members (excludes halogenated alkanes) is 1. The Bertz CT molecular complexity index is 269. The molecule has 0 aliphatic heterocycles. The second-order valence-electron chi connectivity index (χ2n) is 4.74. The molecule has 1 atom stereocenters. The first kappa shape index (κ1) is 13.2. The van der Waals surface area contributed by atoms with Crippen molar-refractivity contribution in [3.8, 4) is 0 Å². The number of hydrogen-bond donors (Lipinski definition) is 1. The maximum absolute atomic E-state index is 4.45. The molecule has 1 unspecified atom stereocenters. The lowest BCUT2D eigenvalue weighted by Crippen LogP contribution is -2.24. The molecule has 1 heterocycles. The predicted molar refractivity (Wildman–Crippen MR) is 69.3 cm³/mol. The van der Waals surface area contributed by atoms with Gasteiger partial charge in [0.25, 0.3) is 0 Å². The average molecular weight is 220 g/mol. The summed E-state index contributed by atoms with van der Waals surface area (Å²) >= 11 is 0. The van der Waals surface area contributed by atoms with E-state index in [1.807, 2.05) is 12.3 Å². The molecule has 0 spiro atoms. The van der Waals surface area contributed by atoms with Crippen LogP contribution in [0.3, 0.4) is 0 Å². The third kappa shape index (κ3) is 4.75.